The maximum absolute atomic E-state index is 10.6. The number of aliphatic hydroxyl groups excluding tert-OH is 1. The molecule has 0 bridgehead atoms. The smallest absolute Gasteiger partial charge is 0.105 e. The summed E-state index contributed by atoms with van der Waals surface area (Å²) < 4.78 is 1.15. The van der Waals surface area contributed by atoms with Crippen molar-refractivity contribution >= 4 is 22.6 Å². The first-order valence-electron chi connectivity index (χ1n) is 6.65. The van der Waals surface area contributed by atoms with Gasteiger partial charge in [-0.1, -0.05) is 55.8 Å². The lowest BCUT2D eigenvalue weighted by atomic mass is 9.97. The highest BCUT2D eigenvalue weighted by molar-refractivity contribution is 14.1. The second kappa shape index (κ2) is 6.53. The molecule has 0 aliphatic carbocycles. The van der Waals surface area contributed by atoms with Crippen LogP contribution in [0.2, 0.25) is 0 Å². The van der Waals surface area contributed by atoms with E-state index >= 15 is 0 Å². The predicted octanol–water partition coefficient (Wildman–Crippen LogP) is 4.63. The molecule has 19 heavy (non-hydrogen) atoms. The number of hydrogen-bond donors (Lipinski definition) is 1. The topological polar surface area (TPSA) is 20.2 Å². The lowest BCUT2D eigenvalue weighted by Gasteiger charge is -2.15. The molecule has 0 spiro atoms. The molecule has 0 aromatic heterocycles. The average Bonchev–Trinajstić information content (AvgIpc) is 2.42. The van der Waals surface area contributed by atoms with Crippen LogP contribution in [-0.4, -0.2) is 5.11 Å². The fourth-order valence-electron chi connectivity index (χ4n) is 2.27. The molecule has 2 aromatic carbocycles. The fourth-order valence-corrected chi connectivity index (χ4v) is 2.92. The molecule has 0 fully saturated rings. The highest BCUT2D eigenvalue weighted by Gasteiger charge is 2.14. The molecule has 1 unspecified atom stereocenters. The Kier molecular flexibility index (Phi) is 4.99. The molecule has 0 aliphatic heterocycles. The number of halogens is 1. The molecular weight excluding hydrogens is 347 g/mol. The third-order valence-electron chi connectivity index (χ3n) is 3.32. The third-order valence-corrected chi connectivity index (χ3v) is 4.80. The Morgan fingerprint density at radius 1 is 1.16 bits per heavy atom. The summed E-state index contributed by atoms with van der Waals surface area (Å²) in [7, 11) is 0. The minimum absolute atomic E-state index is 0.538. The van der Waals surface area contributed by atoms with Gasteiger partial charge in [0.05, 0.1) is 0 Å². The molecule has 100 valence electrons. The van der Waals surface area contributed by atoms with Crippen LogP contribution >= 0.6 is 22.6 Å². The summed E-state index contributed by atoms with van der Waals surface area (Å²) in [6.45, 7) is 4.25. The van der Waals surface area contributed by atoms with Gasteiger partial charge in [-0.15, -0.1) is 0 Å². The monoisotopic (exact) mass is 366 g/mol. The second-order valence-corrected chi connectivity index (χ2v) is 5.95. The van der Waals surface area contributed by atoms with Gasteiger partial charge in [0.1, 0.15) is 6.10 Å². The predicted molar refractivity (Wildman–Crippen MR) is 88.4 cm³/mol. The van der Waals surface area contributed by atoms with E-state index in [4.69, 9.17) is 0 Å². The van der Waals surface area contributed by atoms with Crippen LogP contribution in [0.4, 0.5) is 0 Å². The van der Waals surface area contributed by atoms with Crippen LogP contribution in [0.3, 0.4) is 0 Å². The van der Waals surface area contributed by atoms with Gasteiger partial charge in [0.2, 0.25) is 0 Å². The number of aliphatic hydroxyl groups is 1. The van der Waals surface area contributed by atoms with Crippen LogP contribution in [0.5, 0.6) is 0 Å². The Labute approximate surface area is 128 Å². The maximum atomic E-state index is 10.6. The van der Waals surface area contributed by atoms with Crippen molar-refractivity contribution in [2.45, 2.75) is 32.8 Å². The van der Waals surface area contributed by atoms with E-state index in [2.05, 4.69) is 54.6 Å². The molecule has 1 nitrogen and oxygen atoms in total. The van der Waals surface area contributed by atoms with Gasteiger partial charge in [-0.3, -0.25) is 0 Å². The molecular formula is C17H19IO. The summed E-state index contributed by atoms with van der Waals surface area (Å²) in [5, 5.41) is 10.6. The van der Waals surface area contributed by atoms with Gasteiger partial charge in [0, 0.05) is 3.57 Å². The van der Waals surface area contributed by atoms with Crippen molar-refractivity contribution in [3.63, 3.8) is 0 Å². The Balaban J connectivity index is 2.35. The fraction of sp³-hybridized carbons (Fsp3) is 0.294. The van der Waals surface area contributed by atoms with Crippen molar-refractivity contribution in [1.29, 1.82) is 0 Å². The van der Waals surface area contributed by atoms with Crippen LogP contribution in [0.15, 0.2) is 42.5 Å². The van der Waals surface area contributed by atoms with Gasteiger partial charge < -0.3 is 5.11 Å². The van der Waals surface area contributed by atoms with E-state index in [-0.39, 0.29) is 0 Å². The van der Waals surface area contributed by atoms with Gasteiger partial charge in [0.15, 0.2) is 0 Å². The standard InChI is InChI=1S/C17H19IO/c1-3-6-13-8-5-9-14(11-13)17(19)15-10-4-7-12(2)16(15)18/h4-5,7-11,17,19H,3,6H2,1-2H3. The Hall–Kier alpha value is -0.870. The molecule has 0 heterocycles. The summed E-state index contributed by atoms with van der Waals surface area (Å²) in [6, 6.07) is 14.4. The van der Waals surface area contributed by atoms with Crippen molar-refractivity contribution in [2.24, 2.45) is 0 Å². The molecule has 1 N–H and O–H groups in total. The summed E-state index contributed by atoms with van der Waals surface area (Å²) >= 11 is 2.31. The zero-order valence-corrected chi connectivity index (χ0v) is 13.5. The molecule has 2 rings (SSSR count). The molecule has 0 radical (unpaired) electrons. The van der Waals surface area contributed by atoms with E-state index < -0.39 is 6.10 Å². The van der Waals surface area contributed by atoms with Crippen LogP contribution < -0.4 is 0 Å². The van der Waals surface area contributed by atoms with E-state index in [9.17, 15) is 5.11 Å². The molecule has 0 saturated heterocycles. The minimum atomic E-state index is -0.538. The molecule has 2 heteroatoms. The molecule has 1 atom stereocenters. The van der Waals surface area contributed by atoms with Gasteiger partial charge in [-0.25, -0.2) is 0 Å². The number of aryl methyl sites for hydroxylation is 2. The van der Waals surface area contributed by atoms with Gasteiger partial charge in [-0.05, 0) is 58.2 Å². The number of rotatable bonds is 4. The van der Waals surface area contributed by atoms with Crippen molar-refractivity contribution in [1.82, 2.24) is 0 Å². The molecule has 2 aromatic rings. The molecule has 0 aliphatic rings. The highest BCUT2D eigenvalue weighted by Crippen LogP contribution is 2.28. The average molecular weight is 366 g/mol. The van der Waals surface area contributed by atoms with Crippen LogP contribution in [0, 0.1) is 10.5 Å². The molecule has 0 saturated carbocycles. The summed E-state index contributed by atoms with van der Waals surface area (Å²) in [5.41, 5.74) is 4.48. The largest absolute Gasteiger partial charge is 0.384 e. The summed E-state index contributed by atoms with van der Waals surface area (Å²) in [4.78, 5) is 0. The SMILES string of the molecule is CCCc1cccc(C(O)c2cccc(C)c2I)c1. The first kappa shape index (κ1) is 14.5. The van der Waals surface area contributed by atoms with E-state index in [1.807, 2.05) is 24.3 Å². The Bertz CT molecular complexity index is 563. The van der Waals surface area contributed by atoms with E-state index in [1.54, 1.807) is 0 Å². The lowest BCUT2D eigenvalue weighted by Crippen LogP contribution is -2.03. The van der Waals surface area contributed by atoms with E-state index in [0.717, 1.165) is 27.5 Å². The van der Waals surface area contributed by atoms with Gasteiger partial charge >= 0.3 is 0 Å². The minimum Gasteiger partial charge on any atom is -0.384 e. The Morgan fingerprint density at radius 2 is 1.89 bits per heavy atom. The van der Waals surface area contributed by atoms with Crippen molar-refractivity contribution in [3.8, 4) is 0 Å². The van der Waals surface area contributed by atoms with Gasteiger partial charge in [-0.2, -0.15) is 0 Å². The van der Waals surface area contributed by atoms with Crippen LogP contribution in [0.1, 0.15) is 41.7 Å². The van der Waals surface area contributed by atoms with Crippen LogP contribution in [0.25, 0.3) is 0 Å². The van der Waals surface area contributed by atoms with Crippen molar-refractivity contribution in [3.05, 3.63) is 68.3 Å². The Morgan fingerprint density at radius 3 is 2.63 bits per heavy atom. The van der Waals surface area contributed by atoms with E-state index in [1.165, 1.54) is 11.1 Å². The first-order chi connectivity index (χ1) is 9.13. The highest BCUT2D eigenvalue weighted by atomic mass is 127. The quantitative estimate of drug-likeness (QED) is 0.782. The second-order valence-electron chi connectivity index (χ2n) is 4.88. The first-order valence-corrected chi connectivity index (χ1v) is 7.73. The van der Waals surface area contributed by atoms with Crippen molar-refractivity contribution in [2.75, 3.05) is 0 Å². The number of benzene rings is 2. The summed E-state index contributed by atoms with van der Waals surface area (Å²) in [5.74, 6) is 0. The van der Waals surface area contributed by atoms with Gasteiger partial charge in [0.25, 0.3) is 0 Å². The lowest BCUT2D eigenvalue weighted by molar-refractivity contribution is 0.219. The third kappa shape index (κ3) is 3.37. The van der Waals surface area contributed by atoms with E-state index in [0.29, 0.717) is 0 Å². The maximum Gasteiger partial charge on any atom is 0.105 e. The number of hydrogen-bond acceptors (Lipinski definition) is 1. The van der Waals surface area contributed by atoms with Crippen molar-refractivity contribution < 1.29 is 5.11 Å². The zero-order valence-electron chi connectivity index (χ0n) is 11.4. The zero-order chi connectivity index (χ0) is 13.8. The normalized spacial score (nSPS) is 12.4. The van der Waals surface area contributed by atoms with Crippen LogP contribution in [-0.2, 0) is 6.42 Å². The summed E-state index contributed by atoms with van der Waals surface area (Å²) in [6.07, 6.45) is 1.65. The molecule has 0 amide bonds.